The minimum absolute atomic E-state index is 0.0181. The monoisotopic (exact) mass is 421 g/mol. The normalized spacial score (nSPS) is 20.1. The number of aromatic nitrogens is 1. The second-order valence-electron chi connectivity index (χ2n) is 8.79. The lowest BCUT2D eigenvalue weighted by atomic mass is 9.94. The molecule has 1 aliphatic heterocycles. The van der Waals surface area contributed by atoms with Gasteiger partial charge in [0.1, 0.15) is 5.82 Å². The van der Waals surface area contributed by atoms with Crippen molar-refractivity contribution in [3.05, 3.63) is 59.8 Å². The van der Waals surface area contributed by atoms with Gasteiger partial charge in [-0.25, -0.2) is 4.98 Å². The van der Waals surface area contributed by atoms with Crippen LogP contribution in [0.15, 0.2) is 48.7 Å². The molecule has 1 aromatic heterocycles. The maximum absolute atomic E-state index is 12.7. The Labute approximate surface area is 186 Å². The minimum Gasteiger partial charge on any atom is -0.353 e. The van der Waals surface area contributed by atoms with Crippen LogP contribution >= 0.6 is 0 Å². The number of carbonyl (C=O) groups is 1. The minimum atomic E-state index is -0.0181. The number of likely N-dealkylation sites (N-methyl/N-ethyl adjacent to an activating group) is 1. The van der Waals surface area contributed by atoms with Crippen LogP contribution in [0.1, 0.15) is 54.1 Å². The van der Waals surface area contributed by atoms with E-state index in [1.165, 1.54) is 37.7 Å². The Morgan fingerprint density at radius 2 is 2.00 bits per heavy atom. The molecule has 1 aliphatic carbocycles. The van der Waals surface area contributed by atoms with E-state index in [9.17, 15) is 4.79 Å². The van der Waals surface area contributed by atoms with Crippen molar-refractivity contribution in [3.63, 3.8) is 0 Å². The van der Waals surface area contributed by atoms with Crippen LogP contribution in [0.3, 0.4) is 0 Å². The van der Waals surface area contributed by atoms with E-state index in [1.54, 1.807) is 12.3 Å². The quantitative estimate of drug-likeness (QED) is 0.719. The molecule has 166 valence electrons. The molecule has 0 bridgehead atoms. The van der Waals surface area contributed by atoms with Crippen molar-refractivity contribution in [2.75, 3.05) is 44.7 Å². The Hall–Kier alpha value is -2.44. The van der Waals surface area contributed by atoms with Gasteiger partial charge in [-0.3, -0.25) is 4.79 Å². The van der Waals surface area contributed by atoms with E-state index < -0.39 is 0 Å². The highest BCUT2D eigenvalue weighted by Gasteiger charge is 2.22. The van der Waals surface area contributed by atoms with Crippen molar-refractivity contribution in [3.8, 4) is 0 Å². The number of rotatable bonds is 7. The van der Waals surface area contributed by atoms with E-state index in [0.29, 0.717) is 18.2 Å². The lowest BCUT2D eigenvalue weighted by Crippen LogP contribution is -2.46. The second kappa shape index (κ2) is 10.7. The van der Waals surface area contributed by atoms with E-state index in [2.05, 4.69) is 56.7 Å². The smallest absolute Gasteiger partial charge is 0.251 e. The van der Waals surface area contributed by atoms with E-state index in [1.807, 2.05) is 12.1 Å². The molecule has 1 saturated heterocycles. The zero-order chi connectivity index (χ0) is 21.5. The summed E-state index contributed by atoms with van der Waals surface area (Å²) in [7, 11) is 2.18. The van der Waals surface area contributed by atoms with Gasteiger partial charge in [0.25, 0.3) is 5.91 Å². The molecule has 2 aliphatic rings. The fourth-order valence-corrected chi connectivity index (χ4v) is 4.75. The van der Waals surface area contributed by atoms with Crippen molar-refractivity contribution < 1.29 is 4.79 Å². The summed E-state index contributed by atoms with van der Waals surface area (Å²) in [5.74, 6) is 0.852. The first kappa shape index (κ1) is 21.8. The van der Waals surface area contributed by atoms with Crippen molar-refractivity contribution in [1.29, 1.82) is 0 Å². The van der Waals surface area contributed by atoms with Crippen molar-refractivity contribution >= 4 is 11.7 Å². The molecule has 0 unspecified atom stereocenters. The number of anilines is 1. The van der Waals surface area contributed by atoms with Crippen LogP contribution in [0.25, 0.3) is 0 Å². The molecule has 2 aromatic rings. The molecule has 1 amide bonds. The van der Waals surface area contributed by atoms with Gasteiger partial charge in [-0.05, 0) is 37.6 Å². The van der Waals surface area contributed by atoms with Crippen molar-refractivity contribution in [1.82, 2.24) is 20.5 Å². The summed E-state index contributed by atoms with van der Waals surface area (Å²) in [4.78, 5) is 22.0. The van der Waals surface area contributed by atoms with E-state index in [-0.39, 0.29) is 11.9 Å². The molecule has 2 N–H and O–H groups in total. The number of amides is 1. The van der Waals surface area contributed by atoms with E-state index >= 15 is 0 Å². The Morgan fingerprint density at radius 1 is 1.19 bits per heavy atom. The van der Waals surface area contributed by atoms with Crippen LogP contribution in [0.2, 0.25) is 0 Å². The third-order valence-corrected chi connectivity index (χ3v) is 6.66. The Bertz CT molecular complexity index is 837. The molecular weight excluding hydrogens is 386 g/mol. The molecule has 31 heavy (non-hydrogen) atoms. The molecule has 1 atom stereocenters. The average Bonchev–Trinajstić information content (AvgIpc) is 2.85. The molecule has 1 aromatic carbocycles. The fourth-order valence-electron chi connectivity index (χ4n) is 4.75. The predicted molar refractivity (Wildman–Crippen MR) is 125 cm³/mol. The zero-order valence-corrected chi connectivity index (χ0v) is 18.6. The van der Waals surface area contributed by atoms with Gasteiger partial charge in [-0.1, -0.05) is 49.6 Å². The summed E-state index contributed by atoms with van der Waals surface area (Å²) in [6.45, 7) is 4.19. The highest BCUT2D eigenvalue weighted by molar-refractivity contribution is 5.94. The van der Waals surface area contributed by atoms with Crippen LogP contribution in [0.4, 0.5) is 5.82 Å². The maximum atomic E-state index is 12.7. The number of nitrogens with zero attached hydrogens (tertiary/aromatic N) is 3. The number of carbonyl (C=O) groups excluding carboxylic acids is 1. The zero-order valence-electron chi connectivity index (χ0n) is 18.6. The van der Waals surface area contributed by atoms with Crippen LogP contribution in [0.5, 0.6) is 0 Å². The molecule has 1 saturated carbocycles. The van der Waals surface area contributed by atoms with Crippen LogP contribution in [0, 0.1) is 0 Å². The van der Waals surface area contributed by atoms with Gasteiger partial charge < -0.3 is 20.4 Å². The van der Waals surface area contributed by atoms with Gasteiger partial charge in [-0.15, -0.1) is 0 Å². The molecule has 0 radical (unpaired) electrons. The molecule has 2 heterocycles. The first-order chi connectivity index (χ1) is 15.2. The van der Waals surface area contributed by atoms with E-state index in [0.717, 1.165) is 32.0 Å². The number of benzene rings is 1. The maximum Gasteiger partial charge on any atom is 0.251 e. The van der Waals surface area contributed by atoms with Gasteiger partial charge in [-0.2, -0.15) is 0 Å². The molecule has 4 rings (SSSR count). The van der Waals surface area contributed by atoms with Crippen molar-refractivity contribution in [2.24, 2.45) is 0 Å². The number of nitrogens with one attached hydrogen (secondary N) is 2. The summed E-state index contributed by atoms with van der Waals surface area (Å²) in [5.41, 5.74) is 1.96. The number of hydrogen-bond donors (Lipinski definition) is 2. The standard InChI is InChI=1S/C25H35N5O/c1-29(22-10-6-3-7-11-22)16-14-28-25(31)21-12-13-27-24(18-21)30-17-15-26-23(19-30)20-8-4-2-5-9-20/h2,4-5,8-9,12-13,18,22-23,26H,3,6-7,10-11,14-17,19H2,1H3,(H,28,31)/t23-/m1/s1. The van der Waals surface area contributed by atoms with Gasteiger partial charge in [0.2, 0.25) is 0 Å². The molecule has 2 fully saturated rings. The first-order valence-electron chi connectivity index (χ1n) is 11.7. The van der Waals surface area contributed by atoms with Gasteiger partial charge >= 0.3 is 0 Å². The van der Waals surface area contributed by atoms with Crippen molar-refractivity contribution in [2.45, 2.75) is 44.2 Å². The van der Waals surface area contributed by atoms with Gasteiger partial charge in [0, 0.05) is 56.6 Å². The summed E-state index contributed by atoms with van der Waals surface area (Å²) in [5, 5.41) is 6.68. The van der Waals surface area contributed by atoms with Crippen LogP contribution in [-0.2, 0) is 0 Å². The highest BCUT2D eigenvalue weighted by atomic mass is 16.1. The summed E-state index contributed by atoms with van der Waals surface area (Å²) in [6, 6.07) is 15.2. The van der Waals surface area contributed by atoms with Gasteiger partial charge in [0.05, 0.1) is 0 Å². The SMILES string of the molecule is CN(CCNC(=O)c1ccnc(N2CCN[C@@H](c3ccccc3)C2)c1)C1CCCCC1. The summed E-state index contributed by atoms with van der Waals surface area (Å²) < 4.78 is 0. The number of hydrogen-bond acceptors (Lipinski definition) is 5. The van der Waals surface area contributed by atoms with Crippen LogP contribution < -0.4 is 15.5 Å². The Balaban J connectivity index is 1.31. The first-order valence-corrected chi connectivity index (χ1v) is 11.7. The van der Waals surface area contributed by atoms with Gasteiger partial charge in [0.15, 0.2) is 0 Å². The summed E-state index contributed by atoms with van der Waals surface area (Å²) >= 11 is 0. The van der Waals surface area contributed by atoms with Crippen LogP contribution in [-0.4, -0.2) is 61.6 Å². The fraction of sp³-hybridized carbons (Fsp3) is 0.520. The number of pyridine rings is 1. The third-order valence-electron chi connectivity index (χ3n) is 6.66. The molecule has 6 nitrogen and oxygen atoms in total. The number of piperazine rings is 1. The largest absolute Gasteiger partial charge is 0.353 e. The Kier molecular flexibility index (Phi) is 7.54. The molecular formula is C25H35N5O. The predicted octanol–water partition coefficient (Wildman–Crippen LogP) is 3.23. The highest BCUT2D eigenvalue weighted by Crippen LogP contribution is 2.22. The van der Waals surface area contributed by atoms with E-state index in [4.69, 9.17) is 0 Å². The lowest BCUT2D eigenvalue weighted by molar-refractivity contribution is 0.0944. The molecule has 6 heteroatoms. The third kappa shape index (κ3) is 5.83. The average molecular weight is 422 g/mol. The summed E-state index contributed by atoms with van der Waals surface area (Å²) in [6.07, 6.45) is 8.35. The second-order valence-corrected chi connectivity index (χ2v) is 8.79. The molecule has 0 spiro atoms. The lowest BCUT2D eigenvalue weighted by Gasteiger charge is -2.35. The topological polar surface area (TPSA) is 60.5 Å². The Morgan fingerprint density at radius 3 is 2.81 bits per heavy atom.